The van der Waals surface area contributed by atoms with Crippen molar-refractivity contribution in [1.29, 1.82) is 0 Å². The summed E-state index contributed by atoms with van der Waals surface area (Å²) in [5, 5.41) is 4.22. The molecule has 3 aromatic carbocycles. The van der Waals surface area contributed by atoms with Gasteiger partial charge in [0.1, 0.15) is 11.5 Å². The van der Waals surface area contributed by atoms with Crippen LogP contribution in [-0.4, -0.2) is 25.1 Å². The minimum atomic E-state index is -0.323. The van der Waals surface area contributed by atoms with Crippen LogP contribution in [-0.2, 0) is 0 Å². The standard InChI is InChI=1S/C24H18Cl2N2O3/c1-30-14-10-11-16(22(12-14)31-2)21-13-17(15-6-3-4-8-19(15)27-21)24(29)28-20-9-5-7-18(25)23(20)26/h3-13H,1-2H3,(H,28,29). The average molecular weight is 453 g/mol. The molecule has 0 fully saturated rings. The molecular weight excluding hydrogens is 435 g/mol. The van der Waals surface area contributed by atoms with Gasteiger partial charge >= 0.3 is 0 Å². The number of anilines is 1. The van der Waals surface area contributed by atoms with Gasteiger partial charge in [-0.25, -0.2) is 4.98 Å². The van der Waals surface area contributed by atoms with Gasteiger partial charge < -0.3 is 14.8 Å². The van der Waals surface area contributed by atoms with E-state index in [0.29, 0.717) is 39.0 Å². The van der Waals surface area contributed by atoms with Crippen LogP contribution in [0.4, 0.5) is 5.69 Å². The predicted octanol–water partition coefficient (Wildman–Crippen LogP) is 6.48. The Balaban J connectivity index is 1.84. The van der Waals surface area contributed by atoms with E-state index in [1.807, 2.05) is 36.4 Å². The van der Waals surface area contributed by atoms with Crippen LogP contribution in [0.3, 0.4) is 0 Å². The molecule has 156 valence electrons. The number of hydrogen-bond acceptors (Lipinski definition) is 4. The molecule has 7 heteroatoms. The van der Waals surface area contributed by atoms with Crippen LogP contribution in [0, 0.1) is 0 Å². The first-order valence-electron chi connectivity index (χ1n) is 9.39. The highest BCUT2D eigenvalue weighted by Gasteiger charge is 2.18. The summed E-state index contributed by atoms with van der Waals surface area (Å²) in [5.41, 5.74) is 2.91. The number of pyridine rings is 1. The summed E-state index contributed by atoms with van der Waals surface area (Å²) in [5.74, 6) is 0.929. The summed E-state index contributed by atoms with van der Waals surface area (Å²) < 4.78 is 10.8. The Morgan fingerprint density at radius 3 is 2.52 bits per heavy atom. The smallest absolute Gasteiger partial charge is 0.256 e. The normalized spacial score (nSPS) is 10.7. The topological polar surface area (TPSA) is 60.5 Å². The molecule has 4 rings (SSSR count). The maximum atomic E-state index is 13.2. The highest BCUT2D eigenvalue weighted by molar-refractivity contribution is 6.44. The zero-order valence-corrected chi connectivity index (χ0v) is 18.3. The van der Waals surface area contributed by atoms with Gasteiger partial charge in [0.25, 0.3) is 5.91 Å². The van der Waals surface area contributed by atoms with Crippen LogP contribution >= 0.6 is 23.2 Å². The molecule has 4 aromatic rings. The van der Waals surface area contributed by atoms with E-state index < -0.39 is 0 Å². The van der Waals surface area contributed by atoms with Crippen LogP contribution in [0.2, 0.25) is 10.0 Å². The van der Waals surface area contributed by atoms with Crippen LogP contribution in [0.5, 0.6) is 11.5 Å². The monoisotopic (exact) mass is 452 g/mol. The van der Waals surface area contributed by atoms with Gasteiger partial charge in [-0.2, -0.15) is 0 Å². The van der Waals surface area contributed by atoms with Gasteiger partial charge in [0.15, 0.2) is 0 Å². The molecule has 0 aliphatic carbocycles. The Kier molecular flexibility index (Phi) is 5.98. The maximum Gasteiger partial charge on any atom is 0.256 e. The zero-order valence-electron chi connectivity index (χ0n) is 16.8. The lowest BCUT2D eigenvalue weighted by Crippen LogP contribution is -2.13. The van der Waals surface area contributed by atoms with E-state index in [9.17, 15) is 4.79 Å². The molecule has 1 aromatic heterocycles. The summed E-state index contributed by atoms with van der Waals surface area (Å²) in [6.45, 7) is 0. The molecule has 0 aliphatic heterocycles. The number of carbonyl (C=O) groups is 1. The first-order valence-corrected chi connectivity index (χ1v) is 10.1. The molecule has 5 nitrogen and oxygen atoms in total. The lowest BCUT2D eigenvalue weighted by Gasteiger charge is -2.14. The average Bonchev–Trinajstić information content (AvgIpc) is 2.80. The molecular formula is C24H18Cl2N2O3. The number of hydrogen-bond donors (Lipinski definition) is 1. The Morgan fingerprint density at radius 1 is 0.935 bits per heavy atom. The fraction of sp³-hybridized carbons (Fsp3) is 0.0833. The van der Waals surface area contributed by atoms with Crippen LogP contribution in [0.1, 0.15) is 10.4 Å². The maximum absolute atomic E-state index is 13.2. The minimum Gasteiger partial charge on any atom is -0.497 e. The molecule has 0 atom stereocenters. The summed E-state index contributed by atoms with van der Waals surface area (Å²) >= 11 is 12.3. The third-order valence-electron chi connectivity index (χ3n) is 4.85. The van der Waals surface area contributed by atoms with Crippen molar-refractivity contribution in [3.63, 3.8) is 0 Å². The SMILES string of the molecule is COc1ccc(-c2cc(C(=O)Nc3cccc(Cl)c3Cl)c3ccccc3n2)c(OC)c1. The van der Waals surface area contributed by atoms with Crippen molar-refractivity contribution in [3.05, 3.63) is 82.3 Å². The molecule has 0 unspecified atom stereocenters. The highest BCUT2D eigenvalue weighted by Crippen LogP contribution is 2.35. The van der Waals surface area contributed by atoms with Gasteiger partial charge in [-0.1, -0.05) is 47.5 Å². The number of aromatic nitrogens is 1. The number of methoxy groups -OCH3 is 2. The molecule has 1 amide bonds. The van der Waals surface area contributed by atoms with E-state index in [1.54, 1.807) is 44.6 Å². The number of nitrogens with one attached hydrogen (secondary N) is 1. The van der Waals surface area contributed by atoms with Crippen molar-refractivity contribution in [2.45, 2.75) is 0 Å². The van der Waals surface area contributed by atoms with Gasteiger partial charge in [0.2, 0.25) is 0 Å². The van der Waals surface area contributed by atoms with Crippen molar-refractivity contribution in [2.24, 2.45) is 0 Å². The Morgan fingerprint density at radius 2 is 1.74 bits per heavy atom. The van der Waals surface area contributed by atoms with Crippen molar-refractivity contribution in [2.75, 3.05) is 19.5 Å². The van der Waals surface area contributed by atoms with Gasteiger partial charge in [0, 0.05) is 17.0 Å². The summed E-state index contributed by atoms with van der Waals surface area (Å²) in [6, 6.07) is 19.7. The van der Waals surface area contributed by atoms with E-state index in [4.69, 9.17) is 37.7 Å². The van der Waals surface area contributed by atoms with Crippen LogP contribution < -0.4 is 14.8 Å². The molecule has 1 heterocycles. The number of rotatable bonds is 5. The third kappa shape index (κ3) is 4.15. The zero-order chi connectivity index (χ0) is 22.0. The first kappa shape index (κ1) is 21.0. The number of carbonyl (C=O) groups excluding carboxylic acids is 1. The second kappa shape index (κ2) is 8.84. The van der Waals surface area contributed by atoms with Gasteiger partial charge in [-0.05, 0) is 36.4 Å². The minimum absolute atomic E-state index is 0.285. The molecule has 0 bridgehead atoms. The van der Waals surface area contributed by atoms with Crippen molar-refractivity contribution in [3.8, 4) is 22.8 Å². The van der Waals surface area contributed by atoms with Gasteiger partial charge in [-0.3, -0.25) is 4.79 Å². The molecule has 1 N–H and O–H groups in total. The number of ether oxygens (including phenoxy) is 2. The highest BCUT2D eigenvalue weighted by atomic mass is 35.5. The van der Waals surface area contributed by atoms with Crippen molar-refractivity contribution in [1.82, 2.24) is 4.98 Å². The molecule has 31 heavy (non-hydrogen) atoms. The summed E-state index contributed by atoms with van der Waals surface area (Å²) in [7, 11) is 3.17. The Bertz CT molecular complexity index is 1290. The fourth-order valence-electron chi connectivity index (χ4n) is 3.30. The molecule has 0 saturated heterocycles. The van der Waals surface area contributed by atoms with Crippen LogP contribution in [0.25, 0.3) is 22.2 Å². The lowest BCUT2D eigenvalue weighted by atomic mass is 10.0. The quantitative estimate of drug-likeness (QED) is 0.376. The van der Waals surface area contributed by atoms with Gasteiger partial charge in [0.05, 0.1) is 46.7 Å². The molecule has 0 aliphatic rings. The summed E-state index contributed by atoms with van der Waals surface area (Å²) in [4.78, 5) is 18.0. The van der Waals surface area contributed by atoms with Gasteiger partial charge in [-0.15, -0.1) is 0 Å². The van der Waals surface area contributed by atoms with Crippen molar-refractivity contribution < 1.29 is 14.3 Å². The largest absolute Gasteiger partial charge is 0.497 e. The fourth-order valence-corrected chi connectivity index (χ4v) is 3.65. The Labute approximate surface area is 189 Å². The van der Waals surface area contributed by atoms with Crippen LogP contribution in [0.15, 0.2) is 66.7 Å². The van der Waals surface area contributed by atoms with E-state index in [2.05, 4.69) is 5.32 Å². The molecule has 0 radical (unpaired) electrons. The lowest BCUT2D eigenvalue weighted by molar-refractivity contribution is 0.102. The molecule has 0 spiro atoms. The Hall–Kier alpha value is -3.28. The van der Waals surface area contributed by atoms with E-state index in [1.165, 1.54) is 0 Å². The number of benzene rings is 3. The predicted molar refractivity (Wildman–Crippen MR) is 125 cm³/mol. The summed E-state index contributed by atoms with van der Waals surface area (Å²) in [6.07, 6.45) is 0. The number of halogens is 2. The van der Waals surface area contributed by atoms with E-state index >= 15 is 0 Å². The van der Waals surface area contributed by atoms with E-state index in [0.717, 1.165) is 10.9 Å². The van der Waals surface area contributed by atoms with Crippen molar-refractivity contribution >= 4 is 45.7 Å². The second-order valence-electron chi connectivity index (χ2n) is 6.69. The number of para-hydroxylation sites is 1. The third-order valence-corrected chi connectivity index (χ3v) is 5.66. The number of fused-ring (bicyclic) bond motifs is 1. The number of amides is 1. The first-order chi connectivity index (χ1) is 15.0. The second-order valence-corrected chi connectivity index (χ2v) is 7.48. The molecule has 0 saturated carbocycles. The number of nitrogens with zero attached hydrogens (tertiary/aromatic N) is 1. The van der Waals surface area contributed by atoms with E-state index in [-0.39, 0.29) is 10.9 Å².